The monoisotopic (exact) mass is 406 g/mol. The lowest BCUT2D eigenvalue weighted by molar-refractivity contribution is 0.0729. The van der Waals surface area contributed by atoms with Gasteiger partial charge in [-0.15, -0.1) is 0 Å². The Hall–Kier alpha value is -3.37. The van der Waals surface area contributed by atoms with Crippen LogP contribution in [0.25, 0.3) is 6.08 Å². The quantitative estimate of drug-likeness (QED) is 0.225. The van der Waals surface area contributed by atoms with Crippen molar-refractivity contribution in [3.05, 3.63) is 100 Å². The number of carbonyl (C=O) groups excluding carboxylic acids is 2. The molecule has 0 N–H and O–H groups in total. The van der Waals surface area contributed by atoms with Crippen molar-refractivity contribution in [2.24, 2.45) is 0 Å². The van der Waals surface area contributed by atoms with E-state index in [2.05, 4.69) is 0 Å². The van der Waals surface area contributed by atoms with Crippen LogP contribution >= 0.6 is 11.6 Å². The SMILES string of the molecule is COc1cc(C=CC(=O)c2ccc(Cl)cc2)ccc1OC(=O)c1ccc(C)cc1. The Bertz CT molecular complexity index is 1050. The number of hydrogen-bond acceptors (Lipinski definition) is 4. The molecule has 3 rings (SSSR count). The molecule has 0 saturated carbocycles. The second kappa shape index (κ2) is 9.22. The van der Waals surface area contributed by atoms with Crippen molar-refractivity contribution in [1.29, 1.82) is 0 Å². The molecule has 0 bridgehead atoms. The number of benzene rings is 3. The normalized spacial score (nSPS) is 10.7. The Labute approximate surface area is 174 Å². The third-order valence-corrected chi connectivity index (χ3v) is 4.49. The van der Waals surface area contributed by atoms with Crippen LogP contribution in [0.1, 0.15) is 31.8 Å². The molecule has 3 aromatic rings. The van der Waals surface area contributed by atoms with Gasteiger partial charge in [0.2, 0.25) is 0 Å². The van der Waals surface area contributed by atoms with Crippen molar-refractivity contribution in [3.8, 4) is 11.5 Å². The summed E-state index contributed by atoms with van der Waals surface area (Å²) in [6, 6.07) is 18.9. The van der Waals surface area contributed by atoms with Gasteiger partial charge in [-0.1, -0.05) is 41.4 Å². The van der Waals surface area contributed by atoms with Crippen molar-refractivity contribution < 1.29 is 19.1 Å². The summed E-state index contributed by atoms with van der Waals surface area (Å²) in [6.45, 7) is 1.95. The Morgan fingerprint density at radius 2 is 1.52 bits per heavy atom. The fourth-order valence-corrected chi connectivity index (χ4v) is 2.73. The molecule has 0 fully saturated rings. The number of hydrogen-bond donors (Lipinski definition) is 0. The number of methoxy groups -OCH3 is 1. The van der Waals surface area contributed by atoms with Crippen LogP contribution in [-0.4, -0.2) is 18.9 Å². The van der Waals surface area contributed by atoms with Gasteiger partial charge >= 0.3 is 5.97 Å². The minimum Gasteiger partial charge on any atom is -0.493 e. The second-order valence-electron chi connectivity index (χ2n) is 6.37. The van der Waals surface area contributed by atoms with Gasteiger partial charge < -0.3 is 9.47 Å². The molecule has 0 amide bonds. The van der Waals surface area contributed by atoms with Gasteiger partial charge in [-0.25, -0.2) is 4.79 Å². The highest BCUT2D eigenvalue weighted by Crippen LogP contribution is 2.29. The third kappa shape index (κ3) is 5.33. The first-order chi connectivity index (χ1) is 14.0. The Kier molecular flexibility index (Phi) is 6.47. The maximum atomic E-state index is 12.3. The molecule has 0 radical (unpaired) electrons. The van der Waals surface area contributed by atoms with Crippen LogP contribution < -0.4 is 9.47 Å². The number of ketones is 1. The summed E-state index contributed by atoms with van der Waals surface area (Å²) in [4.78, 5) is 24.6. The number of halogens is 1. The number of carbonyl (C=O) groups is 2. The number of ether oxygens (including phenoxy) is 2. The second-order valence-corrected chi connectivity index (χ2v) is 6.81. The highest BCUT2D eigenvalue weighted by atomic mass is 35.5. The van der Waals surface area contributed by atoms with Gasteiger partial charge in [-0.05, 0) is 67.1 Å². The van der Waals surface area contributed by atoms with Gasteiger partial charge in [-0.3, -0.25) is 4.79 Å². The van der Waals surface area contributed by atoms with Gasteiger partial charge in [0.05, 0.1) is 12.7 Å². The van der Waals surface area contributed by atoms with Crippen molar-refractivity contribution in [2.75, 3.05) is 7.11 Å². The Balaban J connectivity index is 1.74. The van der Waals surface area contributed by atoms with Gasteiger partial charge in [-0.2, -0.15) is 0 Å². The summed E-state index contributed by atoms with van der Waals surface area (Å²) >= 11 is 5.84. The molecular weight excluding hydrogens is 388 g/mol. The lowest BCUT2D eigenvalue weighted by atomic mass is 10.1. The molecular formula is C24H19ClO4. The largest absolute Gasteiger partial charge is 0.493 e. The maximum absolute atomic E-state index is 12.3. The zero-order valence-corrected chi connectivity index (χ0v) is 16.8. The Morgan fingerprint density at radius 3 is 2.17 bits per heavy atom. The van der Waals surface area contributed by atoms with Crippen LogP contribution in [0, 0.1) is 6.92 Å². The summed E-state index contributed by atoms with van der Waals surface area (Å²) < 4.78 is 10.8. The van der Waals surface area contributed by atoms with E-state index in [0.717, 1.165) is 11.1 Å². The van der Waals surface area contributed by atoms with E-state index < -0.39 is 5.97 Å². The minimum atomic E-state index is -0.468. The minimum absolute atomic E-state index is 0.143. The zero-order valence-electron chi connectivity index (χ0n) is 16.0. The van der Waals surface area contributed by atoms with Crippen molar-refractivity contribution in [1.82, 2.24) is 0 Å². The lowest BCUT2D eigenvalue weighted by Gasteiger charge is -2.10. The molecule has 146 valence electrons. The van der Waals surface area contributed by atoms with Crippen LogP contribution in [0.15, 0.2) is 72.8 Å². The summed E-state index contributed by atoms with van der Waals surface area (Å²) in [5.74, 6) is 0.0887. The van der Waals surface area contributed by atoms with Crippen LogP contribution in [0.4, 0.5) is 0 Å². The molecule has 0 atom stereocenters. The predicted molar refractivity (Wildman–Crippen MR) is 114 cm³/mol. The molecule has 0 aliphatic rings. The van der Waals surface area contributed by atoms with Gasteiger partial charge in [0.25, 0.3) is 0 Å². The fraction of sp³-hybridized carbons (Fsp3) is 0.0833. The molecule has 0 spiro atoms. The van der Waals surface area contributed by atoms with Crippen molar-refractivity contribution >= 4 is 29.4 Å². The standard InChI is InChI=1S/C24H19ClO4/c1-16-3-7-19(8-4-16)24(27)29-22-14-6-17(15-23(22)28-2)5-13-21(26)18-9-11-20(25)12-10-18/h3-15H,1-2H3. The summed E-state index contributed by atoms with van der Waals surface area (Å²) in [7, 11) is 1.49. The van der Waals surface area contributed by atoms with Gasteiger partial charge in [0, 0.05) is 10.6 Å². The Morgan fingerprint density at radius 1 is 0.862 bits per heavy atom. The van der Waals surface area contributed by atoms with Crippen molar-refractivity contribution in [2.45, 2.75) is 6.92 Å². The van der Waals surface area contributed by atoms with Crippen LogP contribution in [-0.2, 0) is 0 Å². The molecule has 3 aromatic carbocycles. The molecule has 5 heteroatoms. The van der Waals surface area contributed by atoms with E-state index in [1.54, 1.807) is 60.7 Å². The van der Waals surface area contributed by atoms with E-state index in [1.807, 2.05) is 19.1 Å². The average Bonchev–Trinajstić information content (AvgIpc) is 2.73. The van der Waals surface area contributed by atoms with E-state index in [1.165, 1.54) is 13.2 Å². The molecule has 4 nitrogen and oxygen atoms in total. The molecule has 0 aromatic heterocycles. The summed E-state index contributed by atoms with van der Waals surface area (Å²) in [5.41, 5.74) is 2.79. The number of rotatable bonds is 6. The molecule has 29 heavy (non-hydrogen) atoms. The van der Waals surface area contributed by atoms with E-state index in [9.17, 15) is 9.59 Å². The highest BCUT2D eigenvalue weighted by Gasteiger charge is 2.12. The fourth-order valence-electron chi connectivity index (χ4n) is 2.60. The molecule has 0 saturated heterocycles. The molecule has 0 heterocycles. The highest BCUT2D eigenvalue weighted by molar-refractivity contribution is 6.30. The summed E-state index contributed by atoms with van der Waals surface area (Å²) in [6.07, 6.45) is 3.14. The van der Waals surface area contributed by atoms with Crippen molar-refractivity contribution in [3.63, 3.8) is 0 Å². The maximum Gasteiger partial charge on any atom is 0.343 e. The van der Waals surface area contributed by atoms with Gasteiger partial charge in [0.15, 0.2) is 17.3 Å². The molecule has 0 aliphatic carbocycles. The number of allylic oxidation sites excluding steroid dienone is 1. The zero-order chi connectivity index (χ0) is 20.8. The van der Waals surface area contributed by atoms with Crippen LogP contribution in [0.2, 0.25) is 5.02 Å². The molecule has 0 unspecified atom stereocenters. The number of esters is 1. The van der Waals surface area contributed by atoms with E-state index in [4.69, 9.17) is 21.1 Å². The first-order valence-corrected chi connectivity index (χ1v) is 9.29. The average molecular weight is 407 g/mol. The topological polar surface area (TPSA) is 52.6 Å². The van der Waals surface area contributed by atoms with Crippen LogP contribution in [0.5, 0.6) is 11.5 Å². The van der Waals surface area contributed by atoms with Crippen LogP contribution in [0.3, 0.4) is 0 Å². The van der Waals surface area contributed by atoms with E-state index >= 15 is 0 Å². The third-order valence-electron chi connectivity index (χ3n) is 4.23. The smallest absolute Gasteiger partial charge is 0.343 e. The van der Waals surface area contributed by atoms with E-state index in [0.29, 0.717) is 27.6 Å². The lowest BCUT2D eigenvalue weighted by Crippen LogP contribution is -2.09. The van der Waals surface area contributed by atoms with Gasteiger partial charge in [0.1, 0.15) is 0 Å². The summed E-state index contributed by atoms with van der Waals surface area (Å²) in [5, 5.41) is 0.575. The first-order valence-electron chi connectivity index (χ1n) is 8.91. The molecule has 0 aliphatic heterocycles. The number of aryl methyl sites for hydroxylation is 1. The van der Waals surface area contributed by atoms with E-state index in [-0.39, 0.29) is 5.78 Å². The first kappa shape index (κ1) is 20.4. The predicted octanol–water partition coefficient (Wildman–Crippen LogP) is 5.77.